The fourth-order valence-electron chi connectivity index (χ4n) is 2.57. The van der Waals surface area contributed by atoms with E-state index in [4.69, 9.17) is 14.9 Å². The maximum absolute atomic E-state index is 5.98. The molecule has 2 rings (SSSR count). The van der Waals surface area contributed by atoms with Crippen LogP contribution < -0.4 is 5.73 Å². The first-order valence-corrected chi connectivity index (χ1v) is 6.59. The topological polar surface area (TPSA) is 48.4 Å². The molecule has 0 radical (unpaired) electrons. The van der Waals surface area contributed by atoms with Crippen molar-refractivity contribution in [3.8, 4) is 0 Å². The second kappa shape index (κ2) is 5.69. The Labute approximate surface area is 103 Å². The van der Waals surface area contributed by atoms with Gasteiger partial charge in [-0.2, -0.15) is 0 Å². The predicted molar refractivity (Wildman–Crippen MR) is 67.5 cm³/mol. The monoisotopic (exact) mass is 237 g/mol. The molecule has 0 spiro atoms. The first-order valence-electron chi connectivity index (χ1n) is 6.59. The van der Waals surface area contributed by atoms with Crippen LogP contribution >= 0.6 is 0 Å². The van der Waals surface area contributed by atoms with Gasteiger partial charge in [-0.15, -0.1) is 0 Å². The summed E-state index contributed by atoms with van der Waals surface area (Å²) in [5.74, 6) is 2.59. The van der Waals surface area contributed by atoms with E-state index >= 15 is 0 Å². The minimum Gasteiger partial charge on any atom is -0.465 e. The first kappa shape index (κ1) is 12.7. The van der Waals surface area contributed by atoms with E-state index in [9.17, 15) is 0 Å². The van der Waals surface area contributed by atoms with Gasteiger partial charge in [0.05, 0.1) is 19.3 Å². The minimum atomic E-state index is 0.425. The van der Waals surface area contributed by atoms with E-state index in [1.165, 1.54) is 25.7 Å². The molecular formula is C14H23NO2. The van der Waals surface area contributed by atoms with Crippen LogP contribution in [-0.2, 0) is 17.9 Å². The Bertz CT molecular complexity index is 359. The molecule has 0 saturated heterocycles. The van der Waals surface area contributed by atoms with Crippen LogP contribution in [0.5, 0.6) is 0 Å². The molecule has 1 saturated carbocycles. The van der Waals surface area contributed by atoms with Crippen molar-refractivity contribution < 1.29 is 9.15 Å². The maximum atomic E-state index is 5.98. The summed E-state index contributed by atoms with van der Waals surface area (Å²) < 4.78 is 11.5. The second-order valence-corrected chi connectivity index (χ2v) is 5.20. The molecular weight excluding hydrogens is 214 g/mol. The van der Waals surface area contributed by atoms with E-state index in [1.54, 1.807) is 0 Å². The van der Waals surface area contributed by atoms with Crippen molar-refractivity contribution in [2.24, 2.45) is 11.7 Å². The molecule has 17 heavy (non-hydrogen) atoms. The summed E-state index contributed by atoms with van der Waals surface area (Å²) in [5.41, 5.74) is 6.70. The average Bonchev–Trinajstić information content (AvgIpc) is 2.68. The molecule has 1 aromatic rings. The van der Waals surface area contributed by atoms with Crippen molar-refractivity contribution in [1.82, 2.24) is 0 Å². The molecule has 1 heterocycles. The number of hydrogen-bond donors (Lipinski definition) is 1. The summed E-state index contributed by atoms with van der Waals surface area (Å²) in [6.07, 6.45) is 5.46. The van der Waals surface area contributed by atoms with Crippen LogP contribution in [0.4, 0.5) is 0 Å². The van der Waals surface area contributed by atoms with Crippen LogP contribution in [0.25, 0.3) is 0 Å². The number of rotatable bonds is 4. The lowest BCUT2D eigenvalue weighted by Crippen LogP contribution is -2.21. The lowest BCUT2D eigenvalue weighted by Gasteiger charge is -2.26. The van der Waals surface area contributed by atoms with Gasteiger partial charge in [-0.1, -0.05) is 19.8 Å². The zero-order chi connectivity index (χ0) is 12.3. The number of furan rings is 1. The maximum Gasteiger partial charge on any atom is 0.118 e. The highest BCUT2D eigenvalue weighted by Gasteiger charge is 2.19. The summed E-state index contributed by atoms with van der Waals surface area (Å²) in [6, 6.07) is 2.02. The van der Waals surface area contributed by atoms with E-state index in [2.05, 4.69) is 6.92 Å². The Kier molecular flexibility index (Phi) is 4.24. The Morgan fingerprint density at radius 1 is 1.47 bits per heavy atom. The van der Waals surface area contributed by atoms with Crippen LogP contribution in [0.15, 0.2) is 10.5 Å². The summed E-state index contributed by atoms with van der Waals surface area (Å²) in [5, 5.41) is 0. The minimum absolute atomic E-state index is 0.425. The van der Waals surface area contributed by atoms with Crippen LogP contribution in [0.2, 0.25) is 0 Å². The molecule has 1 fully saturated rings. The van der Waals surface area contributed by atoms with E-state index in [1.807, 2.05) is 13.0 Å². The standard InChI is InChI=1S/C14H23NO2/c1-10-4-3-5-13(6-10)16-9-12-7-14(8-15)17-11(12)2/h7,10,13H,3-6,8-9,15H2,1-2H3. The smallest absolute Gasteiger partial charge is 0.118 e. The molecule has 2 unspecified atom stereocenters. The summed E-state index contributed by atoms with van der Waals surface area (Å²) in [6.45, 7) is 5.40. The average molecular weight is 237 g/mol. The third-order valence-electron chi connectivity index (χ3n) is 3.64. The highest BCUT2D eigenvalue weighted by atomic mass is 16.5. The second-order valence-electron chi connectivity index (χ2n) is 5.20. The van der Waals surface area contributed by atoms with Crippen molar-refractivity contribution in [3.05, 3.63) is 23.2 Å². The van der Waals surface area contributed by atoms with Gasteiger partial charge in [-0.3, -0.25) is 0 Å². The third kappa shape index (κ3) is 3.33. The van der Waals surface area contributed by atoms with Crippen molar-refractivity contribution in [2.45, 2.75) is 58.8 Å². The number of aryl methyl sites for hydroxylation is 1. The van der Waals surface area contributed by atoms with Gasteiger partial charge in [0.15, 0.2) is 0 Å². The molecule has 3 heteroatoms. The molecule has 0 bridgehead atoms. The summed E-state index contributed by atoms with van der Waals surface area (Å²) in [4.78, 5) is 0. The van der Waals surface area contributed by atoms with Crippen LogP contribution in [0, 0.1) is 12.8 Å². The fraction of sp³-hybridized carbons (Fsp3) is 0.714. The lowest BCUT2D eigenvalue weighted by molar-refractivity contribution is 0.00423. The van der Waals surface area contributed by atoms with Crippen LogP contribution in [-0.4, -0.2) is 6.10 Å². The van der Waals surface area contributed by atoms with Gasteiger partial charge >= 0.3 is 0 Å². The van der Waals surface area contributed by atoms with Crippen LogP contribution in [0.1, 0.15) is 49.7 Å². The molecule has 0 aliphatic heterocycles. The van der Waals surface area contributed by atoms with E-state index in [0.29, 0.717) is 19.3 Å². The highest BCUT2D eigenvalue weighted by molar-refractivity contribution is 5.19. The summed E-state index contributed by atoms with van der Waals surface area (Å²) in [7, 11) is 0. The summed E-state index contributed by atoms with van der Waals surface area (Å²) >= 11 is 0. The molecule has 3 nitrogen and oxygen atoms in total. The zero-order valence-electron chi connectivity index (χ0n) is 10.9. The van der Waals surface area contributed by atoms with Gasteiger partial charge in [-0.25, -0.2) is 0 Å². The normalized spacial score (nSPS) is 25.1. The number of hydrogen-bond acceptors (Lipinski definition) is 3. The Morgan fingerprint density at radius 2 is 2.29 bits per heavy atom. The largest absolute Gasteiger partial charge is 0.465 e. The molecule has 1 aliphatic carbocycles. The van der Waals surface area contributed by atoms with E-state index in [-0.39, 0.29) is 0 Å². The number of nitrogens with two attached hydrogens (primary N) is 1. The zero-order valence-corrected chi connectivity index (χ0v) is 10.9. The van der Waals surface area contributed by atoms with Crippen molar-refractivity contribution >= 4 is 0 Å². The fourth-order valence-corrected chi connectivity index (χ4v) is 2.57. The van der Waals surface area contributed by atoms with Gasteiger partial charge < -0.3 is 14.9 Å². The molecule has 96 valence electrons. The molecule has 2 atom stereocenters. The van der Waals surface area contributed by atoms with Crippen LogP contribution in [0.3, 0.4) is 0 Å². The molecule has 0 amide bonds. The van der Waals surface area contributed by atoms with E-state index in [0.717, 1.165) is 23.0 Å². The lowest BCUT2D eigenvalue weighted by atomic mass is 9.89. The van der Waals surface area contributed by atoms with E-state index < -0.39 is 0 Å². The molecule has 1 aliphatic rings. The van der Waals surface area contributed by atoms with Gasteiger partial charge in [0, 0.05) is 5.56 Å². The van der Waals surface area contributed by atoms with Gasteiger partial charge in [-0.05, 0) is 31.7 Å². The van der Waals surface area contributed by atoms with Crippen molar-refractivity contribution in [3.63, 3.8) is 0 Å². The molecule has 1 aromatic heterocycles. The Hall–Kier alpha value is -0.800. The first-order chi connectivity index (χ1) is 8.19. The molecule has 0 aromatic carbocycles. The SMILES string of the molecule is Cc1oc(CN)cc1COC1CCCC(C)C1. The predicted octanol–water partition coefficient (Wildman–Crippen LogP) is 3.14. The van der Waals surface area contributed by atoms with Crippen molar-refractivity contribution in [2.75, 3.05) is 0 Å². The molecule has 2 N–H and O–H groups in total. The third-order valence-corrected chi connectivity index (χ3v) is 3.64. The van der Waals surface area contributed by atoms with Gasteiger partial charge in [0.1, 0.15) is 11.5 Å². The Balaban J connectivity index is 1.86. The quantitative estimate of drug-likeness (QED) is 0.875. The van der Waals surface area contributed by atoms with Gasteiger partial charge in [0.25, 0.3) is 0 Å². The highest BCUT2D eigenvalue weighted by Crippen LogP contribution is 2.27. The Morgan fingerprint density at radius 3 is 2.94 bits per heavy atom. The van der Waals surface area contributed by atoms with Gasteiger partial charge in [0.2, 0.25) is 0 Å². The number of ether oxygens (including phenoxy) is 1. The van der Waals surface area contributed by atoms with Crippen molar-refractivity contribution in [1.29, 1.82) is 0 Å².